The van der Waals surface area contributed by atoms with Gasteiger partial charge in [0, 0.05) is 31.2 Å². The number of nitrogens with zero attached hydrogens (tertiary/aromatic N) is 1. The van der Waals surface area contributed by atoms with E-state index in [1.807, 2.05) is 0 Å². The maximum absolute atomic E-state index is 11.8. The highest BCUT2D eigenvalue weighted by Gasteiger charge is 2.12. The molecule has 0 aliphatic heterocycles. The molecule has 1 amide bonds. The van der Waals surface area contributed by atoms with Gasteiger partial charge in [0.05, 0.1) is 5.75 Å². The van der Waals surface area contributed by atoms with Crippen molar-refractivity contribution in [1.29, 1.82) is 0 Å². The van der Waals surface area contributed by atoms with Crippen LogP contribution in [0.2, 0.25) is 0 Å². The molecule has 106 valence electrons. The van der Waals surface area contributed by atoms with Crippen molar-refractivity contribution < 1.29 is 13.2 Å². The van der Waals surface area contributed by atoms with Gasteiger partial charge in [0.25, 0.3) is 5.91 Å². The second kappa shape index (κ2) is 6.77. The van der Waals surface area contributed by atoms with Crippen LogP contribution in [0.3, 0.4) is 0 Å². The normalized spacial score (nSPS) is 11.1. The fourth-order valence-electron chi connectivity index (χ4n) is 1.45. The molecule has 0 fully saturated rings. The van der Waals surface area contributed by atoms with Gasteiger partial charge in [-0.3, -0.25) is 9.52 Å². The van der Waals surface area contributed by atoms with Crippen LogP contribution in [0.15, 0.2) is 24.3 Å². The number of hydrogen-bond acceptors (Lipinski definition) is 3. The highest BCUT2D eigenvalue weighted by atomic mass is 35.5. The molecule has 0 heterocycles. The molecule has 0 spiro atoms. The second-order valence-electron chi connectivity index (χ2n) is 4.24. The van der Waals surface area contributed by atoms with E-state index in [0.717, 1.165) is 0 Å². The molecule has 0 aromatic heterocycles. The second-order valence-corrected chi connectivity index (χ2v) is 6.46. The Hall–Kier alpha value is -1.27. The van der Waals surface area contributed by atoms with E-state index in [2.05, 4.69) is 4.72 Å². The average molecular weight is 305 g/mol. The number of carbonyl (C=O) groups excluding carboxylic acids is 1. The van der Waals surface area contributed by atoms with Gasteiger partial charge in [-0.2, -0.15) is 0 Å². The number of carbonyl (C=O) groups is 1. The molecule has 7 heteroatoms. The van der Waals surface area contributed by atoms with Gasteiger partial charge >= 0.3 is 0 Å². The summed E-state index contributed by atoms with van der Waals surface area (Å²) in [6.45, 7) is 0. The predicted octanol–water partition coefficient (Wildman–Crippen LogP) is 1.76. The van der Waals surface area contributed by atoms with Gasteiger partial charge in [-0.15, -0.1) is 11.6 Å². The lowest BCUT2D eigenvalue weighted by atomic mass is 10.2. The highest BCUT2D eigenvalue weighted by Crippen LogP contribution is 2.14. The maximum Gasteiger partial charge on any atom is 0.253 e. The zero-order chi connectivity index (χ0) is 14.5. The molecule has 0 aliphatic carbocycles. The smallest absolute Gasteiger partial charge is 0.253 e. The summed E-state index contributed by atoms with van der Waals surface area (Å²) >= 11 is 5.47. The summed E-state index contributed by atoms with van der Waals surface area (Å²) in [7, 11) is -0.142. The van der Waals surface area contributed by atoms with Crippen molar-refractivity contribution in [3.05, 3.63) is 29.8 Å². The molecular formula is C12H17ClN2O3S. The van der Waals surface area contributed by atoms with Crippen molar-refractivity contribution in [3.63, 3.8) is 0 Å². The third-order valence-corrected chi connectivity index (χ3v) is 3.98. The fraction of sp³-hybridized carbons (Fsp3) is 0.417. The molecule has 0 unspecified atom stereocenters. The minimum Gasteiger partial charge on any atom is -0.345 e. The summed E-state index contributed by atoms with van der Waals surface area (Å²) in [5, 5.41) is 0. The number of amides is 1. The van der Waals surface area contributed by atoms with E-state index >= 15 is 0 Å². The fourth-order valence-corrected chi connectivity index (χ4v) is 2.85. The van der Waals surface area contributed by atoms with Crippen molar-refractivity contribution in [2.24, 2.45) is 0 Å². The van der Waals surface area contributed by atoms with Gasteiger partial charge in [-0.1, -0.05) is 6.07 Å². The lowest BCUT2D eigenvalue weighted by Crippen LogP contribution is -2.22. The van der Waals surface area contributed by atoms with Gasteiger partial charge < -0.3 is 4.90 Å². The molecule has 0 radical (unpaired) electrons. The standard InChI is InChI=1S/C12H17ClN2O3S/c1-15(2)12(16)10-5-3-6-11(9-10)14-19(17,18)8-4-7-13/h3,5-6,9,14H,4,7-8H2,1-2H3. The predicted molar refractivity (Wildman–Crippen MR) is 77.2 cm³/mol. The quantitative estimate of drug-likeness (QED) is 0.814. The first-order valence-electron chi connectivity index (χ1n) is 5.74. The largest absolute Gasteiger partial charge is 0.345 e. The Bertz CT molecular complexity index is 544. The monoisotopic (exact) mass is 304 g/mol. The van der Waals surface area contributed by atoms with Crippen LogP contribution in [0.5, 0.6) is 0 Å². The first-order chi connectivity index (χ1) is 8.85. The van der Waals surface area contributed by atoms with Crippen molar-refractivity contribution in [3.8, 4) is 0 Å². The summed E-state index contributed by atoms with van der Waals surface area (Å²) in [4.78, 5) is 13.2. The van der Waals surface area contributed by atoms with E-state index in [1.54, 1.807) is 32.3 Å². The van der Waals surface area contributed by atoms with E-state index in [4.69, 9.17) is 11.6 Å². The van der Waals surface area contributed by atoms with Gasteiger partial charge in [0.2, 0.25) is 10.0 Å². The molecule has 19 heavy (non-hydrogen) atoms. The summed E-state index contributed by atoms with van der Waals surface area (Å²) in [6, 6.07) is 6.39. The molecule has 1 N–H and O–H groups in total. The number of anilines is 1. The molecule has 0 atom stereocenters. The van der Waals surface area contributed by atoms with E-state index in [-0.39, 0.29) is 11.7 Å². The van der Waals surface area contributed by atoms with Crippen LogP contribution in [-0.4, -0.2) is 45.0 Å². The van der Waals surface area contributed by atoms with E-state index in [1.165, 1.54) is 11.0 Å². The molecule has 5 nitrogen and oxygen atoms in total. The molecule has 0 bridgehead atoms. The van der Waals surface area contributed by atoms with Crippen molar-refractivity contribution in [2.75, 3.05) is 30.5 Å². The lowest BCUT2D eigenvalue weighted by Gasteiger charge is -2.12. The van der Waals surface area contributed by atoms with Gasteiger partial charge in [0.15, 0.2) is 0 Å². The number of halogens is 1. The maximum atomic E-state index is 11.8. The minimum atomic E-state index is -3.42. The Morgan fingerprint density at radius 1 is 1.37 bits per heavy atom. The van der Waals surface area contributed by atoms with Crippen molar-refractivity contribution >= 4 is 33.2 Å². The number of hydrogen-bond donors (Lipinski definition) is 1. The van der Waals surface area contributed by atoms with Crippen LogP contribution < -0.4 is 4.72 Å². The third-order valence-electron chi connectivity index (χ3n) is 2.34. The topological polar surface area (TPSA) is 66.5 Å². The average Bonchev–Trinajstić information content (AvgIpc) is 2.35. The zero-order valence-corrected chi connectivity index (χ0v) is 12.5. The number of rotatable bonds is 6. The molecule has 1 rings (SSSR count). The first-order valence-corrected chi connectivity index (χ1v) is 7.92. The zero-order valence-electron chi connectivity index (χ0n) is 10.9. The number of benzene rings is 1. The van der Waals surface area contributed by atoms with Crippen LogP contribution in [0.25, 0.3) is 0 Å². The van der Waals surface area contributed by atoms with Crippen LogP contribution in [0.4, 0.5) is 5.69 Å². The summed E-state index contributed by atoms with van der Waals surface area (Å²) in [5.41, 5.74) is 0.810. The summed E-state index contributed by atoms with van der Waals surface area (Å²) < 4.78 is 25.8. The van der Waals surface area contributed by atoms with Gasteiger partial charge in [-0.05, 0) is 24.6 Å². The summed E-state index contributed by atoms with van der Waals surface area (Å²) in [5.74, 6) is 0.0735. The Labute approximate surface area is 118 Å². The highest BCUT2D eigenvalue weighted by molar-refractivity contribution is 7.92. The number of nitrogens with one attached hydrogen (secondary N) is 1. The molecule has 1 aromatic rings. The lowest BCUT2D eigenvalue weighted by molar-refractivity contribution is 0.0827. The Kier molecular flexibility index (Phi) is 5.62. The van der Waals surface area contributed by atoms with Crippen molar-refractivity contribution in [1.82, 2.24) is 4.90 Å². The van der Waals surface area contributed by atoms with E-state index in [0.29, 0.717) is 23.6 Å². The molecule has 0 aliphatic rings. The molecule has 1 aromatic carbocycles. The van der Waals surface area contributed by atoms with E-state index < -0.39 is 10.0 Å². The third kappa shape index (κ3) is 5.08. The van der Waals surface area contributed by atoms with Gasteiger partial charge in [0.1, 0.15) is 0 Å². The van der Waals surface area contributed by atoms with Gasteiger partial charge in [-0.25, -0.2) is 8.42 Å². The number of alkyl halides is 1. The minimum absolute atomic E-state index is 0.0393. The van der Waals surface area contributed by atoms with Crippen LogP contribution in [-0.2, 0) is 10.0 Å². The molecule has 0 saturated heterocycles. The molecular weight excluding hydrogens is 288 g/mol. The Morgan fingerprint density at radius 3 is 2.63 bits per heavy atom. The van der Waals surface area contributed by atoms with Crippen LogP contribution >= 0.6 is 11.6 Å². The number of sulfonamides is 1. The van der Waals surface area contributed by atoms with Crippen LogP contribution in [0, 0.1) is 0 Å². The summed E-state index contributed by atoms with van der Waals surface area (Å²) in [6.07, 6.45) is 0.382. The Morgan fingerprint density at radius 2 is 2.05 bits per heavy atom. The van der Waals surface area contributed by atoms with Crippen LogP contribution in [0.1, 0.15) is 16.8 Å². The SMILES string of the molecule is CN(C)C(=O)c1cccc(NS(=O)(=O)CCCCl)c1. The Balaban J connectivity index is 2.86. The first kappa shape index (κ1) is 15.8. The molecule has 0 saturated carbocycles. The van der Waals surface area contributed by atoms with Crippen molar-refractivity contribution in [2.45, 2.75) is 6.42 Å². The van der Waals surface area contributed by atoms with E-state index in [9.17, 15) is 13.2 Å².